The van der Waals surface area contributed by atoms with Crippen LogP contribution in [-0.2, 0) is 9.84 Å². The van der Waals surface area contributed by atoms with Gasteiger partial charge in [0.25, 0.3) is 0 Å². The third-order valence-corrected chi connectivity index (χ3v) is 4.54. The van der Waals surface area contributed by atoms with Crippen molar-refractivity contribution in [2.75, 3.05) is 25.1 Å². The average Bonchev–Trinajstić information content (AvgIpc) is 2.99. The van der Waals surface area contributed by atoms with E-state index >= 15 is 0 Å². The zero-order valence-electron chi connectivity index (χ0n) is 13.8. The molecule has 2 atom stereocenters. The molecule has 126 valence electrons. The van der Waals surface area contributed by atoms with E-state index in [2.05, 4.69) is 36.4 Å². The van der Waals surface area contributed by atoms with Crippen molar-refractivity contribution in [2.45, 2.75) is 46.6 Å². The Hall–Kier alpha value is -0.0500. The molecule has 0 radical (unpaired) electrons. The van der Waals surface area contributed by atoms with E-state index in [1.165, 1.54) is 12.7 Å². The van der Waals surface area contributed by atoms with E-state index in [0.29, 0.717) is 19.0 Å². The van der Waals surface area contributed by atoms with Gasteiger partial charge in [0.2, 0.25) is 0 Å². The molecule has 1 rings (SSSR count). The molecule has 5 nitrogen and oxygen atoms in total. The van der Waals surface area contributed by atoms with Crippen molar-refractivity contribution in [3.05, 3.63) is 0 Å². The van der Waals surface area contributed by atoms with Gasteiger partial charge < -0.3 is 10.6 Å². The van der Waals surface area contributed by atoms with Gasteiger partial charge in [0, 0.05) is 25.4 Å². The third-order valence-electron chi connectivity index (χ3n) is 3.59. The van der Waals surface area contributed by atoms with Crippen LogP contribution in [0.25, 0.3) is 0 Å². The van der Waals surface area contributed by atoms with Crippen molar-refractivity contribution in [1.29, 1.82) is 0 Å². The molecule has 2 unspecified atom stereocenters. The molecule has 7 heteroatoms. The summed E-state index contributed by atoms with van der Waals surface area (Å²) in [5, 5.41) is 6.65. The molecule has 0 saturated heterocycles. The smallest absolute Gasteiger partial charge is 0.191 e. The van der Waals surface area contributed by atoms with Gasteiger partial charge in [0.1, 0.15) is 9.84 Å². The van der Waals surface area contributed by atoms with Crippen LogP contribution in [0.3, 0.4) is 0 Å². The molecule has 21 heavy (non-hydrogen) atoms. The second kappa shape index (κ2) is 8.55. The minimum Gasteiger partial charge on any atom is -0.357 e. The summed E-state index contributed by atoms with van der Waals surface area (Å²) in [6.07, 6.45) is 3.11. The fourth-order valence-electron chi connectivity index (χ4n) is 1.85. The second-order valence-electron chi connectivity index (χ2n) is 6.70. The largest absolute Gasteiger partial charge is 0.357 e. The maximum absolute atomic E-state index is 11.2. The topological polar surface area (TPSA) is 70.6 Å². The van der Waals surface area contributed by atoms with Crippen LogP contribution in [0.2, 0.25) is 0 Å². The number of halogens is 1. The number of hydrogen-bond acceptors (Lipinski definition) is 3. The van der Waals surface area contributed by atoms with Crippen LogP contribution >= 0.6 is 24.0 Å². The normalized spacial score (nSPS) is 22.4. The molecule has 0 aromatic heterocycles. The molecule has 0 aliphatic heterocycles. The van der Waals surface area contributed by atoms with Crippen molar-refractivity contribution in [2.24, 2.45) is 16.3 Å². The molecule has 0 aromatic rings. The first kappa shape index (κ1) is 20.9. The zero-order valence-corrected chi connectivity index (χ0v) is 16.9. The summed E-state index contributed by atoms with van der Waals surface area (Å²) in [4.78, 5) is 4.60. The number of nitrogens with zero attached hydrogens (tertiary/aromatic N) is 1. The van der Waals surface area contributed by atoms with E-state index in [9.17, 15) is 8.42 Å². The highest BCUT2D eigenvalue weighted by atomic mass is 127. The zero-order chi connectivity index (χ0) is 15.4. The first-order valence-corrected chi connectivity index (χ1v) is 9.41. The van der Waals surface area contributed by atoms with Gasteiger partial charge in [-0.2, -0.15) is 0 Å². The number of rotatable bonds is 7. The van der Waals surface area contributed by atoms with Gasteiger partial charge in [-0.05, 0) is 31.1 Å². The summed E-state index contributed by atoms with van der Waals surface area (Å²) in [5.41, 5.74) is -0.111. The van der Waals surface area contributed by atoms with Gasteiger partial charge in [-0.3, -0.25) is 4.99 Å². The van der Waals surface area contributed by atoms with Crippen molar-refractivity contribution in [1.82, 2.24) is 10.6 Å². The predicted octanol–water partition coefficient (Wildman–Crippen LogP) is 2.03. The molecular weight excluding hydrogens is 401 g/mol. The van der Waals surface area contributed by atoms with E-state index in [-0.39, 0.29) is 35.1 Å². The molecule has 0 bridgehead atoms. The standard InChI is InChI=1S/C14H29N3O2S.HI/c1-6-15-13(17-12-9-11(12)2)16-10-14(3,4)7-8-20(5,18)19;/h11-12H,6-10H2,1-5H3,(H2,15,16,17);1H. The quantitative estimate of drug-likeness (QED) is 0.368. The first-order chi connectivity index (χ1) is 9.13. The SMILES string of the molecule is CCNC(=NCC(C)(C)CCS(C)(=O)=O)NC1CC1C.I. The molecule has 0 amide bonds. The van der Waals surface area contributed by atoms with E-state index in [0.717, 1.165) is 18.4 Å². The highest BCUT2D eigenvalue weighted by Crippen LogP contribution is 2.29. The third kappa shape index (κ3) is 9.55. The Balaban J connectivity index is 0.00000400. The molecule has 1 aliphatic rings. The number of guanidine groups is 1. The summed E-state index contributed by atoms with van der Waals surface area (Å²) in [6, 6.07) is 0.534. The number of hydrogen-bond donors (Lipinski definition) is 2. The molecule has 0 spiro atoms. The molecule has 0 aromatic carbocycles. The minimum atomic E-state index is -2.90. The number of nitrogens with one attached hydrogen (secondary N) is 2. The van der Waals surface area contributed by atoms with Crippen LogP contribution in [0.5, 0.6) is 0 Å². The van der Waals surface area contributed by atoms with Gasteiger partial charge in [0.05, 0.1) is 5.75 Å². The lowest BCUT2D eigenvalue weighted by atomic mass is 9.90. The molecule has 1 fully saturated rings. The molecule has 1 aliphatic carbocycles. The summed E-state index contributed by atoms with van der Waals surface area (Å²) >= 11 is 0. The lowest BCUT2D eigenvalue weighted by molar-refractivity contribution is 0.365. The Morgan fingerprint density at radius 1 is 1.38 bits per heavy atom. The van der Waals surface area contributed by atoms with Crippen molar-refractivity contribution < 1.29 is 8.42 Å². The predicted molar refractivity (Wildman–Crippen MR) is 100 cm³/mol. The fourth-order valence-corrected chi connectivity index (χ4v) is 2.78. The van der Waals surface area contributed by atoms with Gasteiger partial charge in [-0.25, -0.2) is 8.42 Å². The highest BCUT2D eigenvalue weighted by molar-refractivity contribution is 14.0. The lowest BCUT2D eigenvalue weighted by Gasteiger charge is -2.22. The minimum absolute atomic E-state index is 0. The number of sulfone groups is 1. The number of aliphatic imine (C=N–C) groups is 1. The Labute approximate surface area is 146 Å². The maximum atomic E-state index is 11.2. The molecular formula is C14H30IN3O2S. The Morgan fingerprint density at radius 2 is 1.95 bits per heavy atom. The first-order valence-electron chi connectivity index (χ1n) is 7.35. The van der Waals surface area contributed by atoms with E-state index < -0.39 is 9.84 Å². The van der Waals surface area contributed by atoms with Gasteiger partial charge >= 0.3 is 0 Å². The van der Waals surface area contributed by atoms with E-state index in [1.54, 1.807) is 0 Å². The Morgan fingerprint density at radius 3 is 2.38 bits per heavy atom. The Kier molecular flexibility index (Phi) is 8.53. The van der Waals surface area contributed by atoms with E-state index in [1.807, 2.05) is 6.92 Å². The van der Waals surface area contributed by atoms with Crippen molar-refractivity contribution in [3.8, 4) is 0 Å². The van der Waals surface area contributed by atoms with Gasteiger partial charge in [-0.15, -0.1) is 24.0 Å². The highest BCUT2D eigenvalue weighted by Gasteiger charge is 2.33. The van der Waals surface area contributed by atoms with Crippen LogP contribution in [0, 0.1) is 11.3 Å². The second-order valence-corrected chi connectivity index (χ2v) is 8.96. The van der Waals surface area contributed by atoms with Crippen LogP contribution in [0.4, 0.5) is 0 Å². The van der Waals surface area contributed by atoms with Gasteiger partial charge in [-0.1, -0.05) is 20.8 Å². The van der Waals surface area contributed by atoms with Crippen LogP contribution in [0.15, 0.2) is 4.99 Å². The average molecular weight is 431 g/mol. The van der Waals surface area contributed by atoms with Crippen LogP contribution in [0.1, 0.15) is 40.5 Å². The van der Waals surface area contributed by atoms with Crippen molar-refractivity contribution >= 4 is 39.8 Å². The monoisotopic (exact) mass is 431 g/mol. The lowest BCUT2D eigenvalue weighted by Crippen LogP contribution is -2.39. The van der Waals surface area contributed by atoms with Crippen molar-refractivity contribution in [3.63, 3.8) is 0 Å². The van der Waals surface area contributed by atoms with Crippen LogP contribution in [-0.4, -0.2) is 45.5 Å². The van der Waals surface area contributed by atoms with Gasteiger partial charge in [0.15, 0.2) is 5.96 Å². The summed E-state index contributed by atoms with van der Waals surface area (Å²) in [7, 11) is -2.90. The maximum Gasteiger partial charge on any atom is 0.191 e. The summed E-state index contributed by atoms with van der Waals surface area (Å²) in [5.74, 6) is 1.78. The van der Waals surface area contributed by atoms with E-state index in [4.69, 9.17) is 0 Å². The molecule has 2 N–H and O–H groups in total. The fraction of sp³-hybridized carbons (Fsp3) is 0.929. The summed E-state index contributed by atoms with van der Waals surface area (Å²) < 4.78 is 22.5. The Bertz CT molecular complexity index is 449. The molecule has 0 heterocycles. The van der Waals surface area contributed by atoms with Crippen LogP contribution < -0.4 is 10.6 Å². The molecule has 1 saturated carbocycles. The summed E-state index contributed by atoms with van der Waals surface area (Å²) in [6.45, 7) is 9.84.